The molecule has 2 unspecified atom stereocenters. The van der Waals surface area contributed by atoms with E-state index in [1.54, 1.807) is 0 Å². The maximum absolute atomic E-state index is 11.9. The molecule has 0 aromatic rings. The molecule has 1 amide bonds. The molecule has 1 rings (SSSR count). The fourth-order valence-corrected chi connectivity index (χ4v) is 2.31. The van der Waals surface area contributed by atoms with E-state index in [0.717, 1.165) is 13.0 Å². The summed E-state index contributed by atoms with van der Waals surface area (Å²) in [6, 6.07) is 0.445. The van der Waals surface area contributed by atoms with E-state index in [2.05, 4.69) is 24.1 Å². The average molecular weight is 256 g/mol. The molecule has 5 heteroatoms. The number of aliphatic carboxylic acids is 1. The summed E-state index contributed by atoms with van der Waals surface area (Å²) in [5.41, 5.74) is 0. The first-order chi connectivity index (χ1) is 8.43. The molecule has 0 radical (unpaired) electrons. The number of carboxylic acids is 1. The van der Waals surface area contributed by atoms with Gasteiger partial charge in [0.1, 0.15) is 0 Å². The Kier molecular flexibility index (Phi) is 5.59. The number of carbonyl (C=O) groups excluding carboxylic acids is 1. The second-order valence-corrected chi connectivity index (χ2v) is 5.35. The van der Waals surface area contributed by atoms with Crippen LogP contribution in [0.15, 0.2) is 0 Å². The maximum Gasteiger partial charge on any atom is 0.307 e. The number of likely N-dealkylation sites (N-methyl/N-ethyl adjacent to an activating group) is 1. The fourth-order valence-electron chi connectivity index (χ4n) is 2.31. The zero-order chi connectivity index (χ0) is 13.7. The second kappa shape index (κ2) is 6.73. The Hall–Kier alpha value is -1.10. The van der Waals surface area contributed by atoms with Gasteiger partial charge in [0.25, 0.3) is 0 Å². The molecular formula is C13H24N2O3. The second-order valence-electron chi connectivity index (χ2n) is 5.35. The Morgan fingerprint density at radius 2 is 1.94 bits per heavy atom. The molecule has 5 nitrogen and oxygen atoms in total. The van der Waals surface area contributed by atoms with Crippen molar-refractivity contribution in [3.8, 4) is 0 Å². The molecule has 0 aromatic carbocycles. The molecule has 2 atom stereocenters. The number of hydrogen-bond donors (Lipinski definition) is 2. The first-order valence-electron chi connectivity index (χ1n) is 6.64. The zero-order valence-electron chi connectivity index (χ0n) is 11.5. The van der Waals surface area contributed by atoms with E-state index < -0.39 is 11.9 Å². The highest BCUT2D eigenvalue weighted by molar-refractivity contribution is 5.85. The summed E-state index contributed by atoms with van der Waals surface area (Å²) < 4.78 is 0. The van der Waals surface area contributed by atoms with Gasteiger partial charge in [0.15, 0.2) is 0 Å². The van der Waals surface area contributed by atoms with Crippen LogP contribution in [0.3, 0.4) is 0 Å². The van der Waals surface area contributed by atoms with Gasteiger partial charge in [0.2, 0.25) is 5.91 Å². The Bertz CT molecular complexity index is 305. The van der Waals surface area contributed by atoms with Crippen molar-refractivity contribution in [3.05, 3.63) is 0 Å². The van der Waals surface area contributed by atoms with E-state index in [4.69, 9.17) is 5.11 Å². The van der Waals surface area contributed by atoms with Gasteiger partial charge in [-0.3, -0.25) is 9.59 Å². The van der Waals surface area contributed by atoms with E-state index >= 15 is 0 Å². The number of nitrogens with one attached hydrogen (secondary N) is 1. The van der Waals surface area contributed by atoms with Crippen molar-refractivity contribution in [2.75, 3.05) is 20.1 Å². The SMILES string of the molecule is CC(C)N(C)CCNC(=O)C1CCCC1C(=O)O. The normalized spacial score (nSPS) is 23.6. The summed E-state index contributed by atoms with van der Waals surface area (Å²) in [4.78, 5) is 25.1. The molecule has 1 fully saturated rings. The van der Waals surface area contributed by atoms with Gasteiger partial charge >= 0.3 is 5.97 Å². The summed E-state index contributed by atoms with van der Waals surface area (Å²) in [5, 5.41) is 11.9. The highest BCUT2D eigenvalue weighted by Gasteiger charge is 2.37. The lowest BCUT2D eigenvalue weighted by atomic mass is 9.95. The first kappa shape index (κ1) is 15.0. The van der Waals surface area contributed by atoms with Gasteiger partial charge in [0.05, 0.1) is 11.8 Å². The number of carboxylic acid groups (broad SMARTS) is 1. The quantitative estimate of drug-likeness (QED) is 0.742. The van der Waals surface area contributed by atoms with Crippen LogP contribution in [0.1, 0.15) is 33.1 Å². The highest BCUT2D eigenvalue weighted by Crippen LogP contribution is 2.31. The molecule has 0 spiro atoms. The molecule has 1 aliphatic carbocycles. The van der Waals surface area contributed by atoms with Gasteiger partial charge in [-0.15, -0.1) is 0 Å². The van der Waals surface area contributed by atoms with Crippen LogP contribution in [0.4, 0.5) is 0 Å². The van der Waals surface area contributed by atoms with Crippen molar-refractivity contribution in [2.24, 2.45) is 11.8 Å². The number of hydrogen-bond acceptors (Lipinski definition) is 3. The number of nitrogens with zero attached hydrogens (tertiary/aromatic N) is 1. The van der Waals surface area contributed by atoms with Gasteiger partial charge in [0, 0.05) is 19.1 Å². The third-order valence-electron chi connectivity index (χ3n) is 3.82. The van der Waals surface area contributed by atoms with Crippen LogP contribution in [0.2, 0.25) is 0 Å². The van der Waals surface area contributed by atoms with E-state index in [9.17, 15) is 9.59 Å². The standard InChI is InChI=1S/C13H24N2O3/c1-9(2)15(3)8-7-14-12(16)10-5-4-6-11(10)13(17)18/h9-11H,4-8H2,1-3H3,(H,14,16)(H,17,18). The molecule has 0 saturated heterocycles. The Balaban J connectivity index is 2.34. The molecule has 1 aliphatic rings. The van der Waals surface area contributed by atoms with Gasteiger partial charge in [-0.2, -0.15) is 0 Å². The molecule has 18 heavy (non-hydrogen) atoms. The summed E-state index contributed by atoms with van der Waals surface area (Å²) in [5.74, 6) is -1.77. The fraction of sp³-hybridized carbons (Fsp3) is 0.846. The molecule has 0 heterocycles. The molecule has 0 aromatic heterocycles. The van der Waals surface area contributed by atoms with Crippen molar-refractivity contribution in [1.82, 2.24) is 10.2 Å². The van der Waals surface area contributed by atoms with Crippen LogP contribution in [-0.2, 0) is 9.59 Å². The topological polar surface area (TPSA) is 69.6 Å². The number of rotatable bonds is 6. The molecular weight excluding hydrogens is 232 g/mol. The average Bonchev–Trinajstić information content (AvgIpc) is 2.77. The van der Waals surface area contributed by atoms with E-state index in [1.165, 1.54) is 0 Å². The number of amides is 1. The molecule has 0 aliphatic heterocycles. The minimum absolute atomic E-state index is 0.0999. The highest BCUT2D eigenvalue weighted by atomic mass is 16.4. The Morgan fingerprint density at radius 3 is 2.50 bits per heavy atom. The lowest BCUT2D eigenvalue weighted by Crippen LogP contribution is -2.40. The smallest absolute Gasteiger partial charge is 0.307 e. The van der Waals surface area contributed by atoms with Crippen molar-refractivity contribution in [2.45, 2.75) is 39.2 Å². The van der Waals surface area contributed by atoms with Crippen LogP contribution >= 0.6 is 0 Å². The molecule has 0 bridgehead atoms. The van der Waals surface area contributed by atoms with E-state index in [0.29, 0.717) is 25.4 Å². The van der Waals surface area contributed by atoms with E-state index in [1.807, 2.05) is 7.05 Å². The van der Waals surface area contributed by atoms with Gasteiger partial charge in [-0.1, -0.05) is 6.42 Å². The van der Waals surface area contributed by atoms with Crippen molar-refractivity contribution < 1.29 is 14.7 Å². The van der Waals surface area contributed by atoms with Crippen molar-refractivity contribution >= 4 is 11.9 Å². The third-order valence-corrected chi connectivity index (χ3v) is 3.82. The summed E-state index contributed by atoms with van der Waals surface area (Å²) in [6.45, 7) is 5.56. The lowest BCUT2D eigenvalue weighted by Gasteiger charge is -2.22. The van der Waals surface area contributed by atoms with Crippen LogP contribution in [-0.4, -0.2) is 48.1 Å². The molecule has 2 N–H and O–H groups in total. The van der Waals surface area contributed by atoms with Gasteiger partial charge in [-0.05, 0) is 33.7 Å². The molecule has 1 saturated carbocycles. The largest absolute Gasteiger partial charge is 0.481 e. The van der Waals surface area contributed by atoms with Gasteiger partial charge < -0.3 is 15.3 Å². The van der Waals surface area contributed by atoms with Crippen LogP contribution < -0.4 is 5.32 Å². The zero-order valence-corrected chi connectivity index (χ0v) is 11.5. The monoisotopic (exact) mass is 256 g/mol. The van der Waals surface area contributed by atoms with Crippen molar-refractivity contribution in [3.63, 3.8) is 0 Å². The van der Waals surface area contributed by atoms with E-state index in [-0.39, 0.29) is 11.8 Å². The molecule has 104 valence electrons. The summed E-state index contributed by atoms with van der Waals surface area (Å²) >= 11 is 0. The minimum Gasteiger partial charge on any atom is -0.481 e. The first-order valence-corrected chi connectivity index (χ1v) is 6.64. The van der Waals surface area contributed by atoms with Crippen LogP contribution in [0.25, 0.3) is 0 Å². The van der Waals surface area contributed by atoms with Crippen LogP contribution in [0.5, 0.6) is 0 Å². The summed E-state index contributed by atoms with van der Waals surface area (Å²) in [6.07, 6.45) is 2.16. The predicted octanol–water partition coefficient (Wildman–Crippen LogP) is 0.944. The Labute approximate surface area is 109 Å². The maximum atomic E-state index is 11.9. The number of carbonyl (C=O) groups is 2. The van der Waals surface area contributed by atoms with Crippen molar-refractivity contribution in [1.29, 1.82) is 0 Å². The Morgan fingerprint density at radius 1 is 1.33 bits per heavy atom. The predicted molar refractivity (Wildman–Crippen MR) is 69.2 cm³/mol. The minimum atomic E-state index is -0.841. The summed E-state index contributed by atoms with van der Waals surface area (Å²) in [7, 11) is 2.01. The van der Waals surface area contributed by atoms with Gasteiger partial charge in [-0.25, -0.2) is 0 Å². The van der Waals surface area contributed by atoms with Crippen LogP contribution in [0, 0.1) is 11.8 Å². The lowest BCUT2D eigenvalue weighted by molar-refractivity contribution is -0.146. The third kappa shape index (κ3) is 3.98.